The zero-order chi connectivity index (χ0) is 70.5. The Labute approximate surface area is 627 Å². The van der Waals surface area contributed by atoms with E-state index in [2.05, 4.69) is 403 Å². The fourth-order valence-electron chi connectivity index (χ4n) is 20.8. The molecule has 3 heterocycles. The van der Waals surface area contributed by atoms with Gasteiger partial charge in [0.1, 0.15) is 0 Å². The molecule has 24 rings (SSSR count). The first-order valence-electron chi connectivity index (χ1n) is 37.8. The average Bonchev–Trinajstić information content (AvgIpc) is 1.47. The van der Waals surface area contributed by atoms with Crippen molar-refractivity contribution in [1.82, 2.24) is 4.57 Å². The highest BCUT2D eigenvalue weighted by Gasteiger charge is 2.57. The van der Waals surface area contributed by atoms with Crippen molar-refractivity contribution in [3.8, 4) is 94.7 Å². The van der Waals surface area contributed by atoms with Crippen LogP contribution in [0.1, 0.15) is 44.5 Å². The SMILES string of the molecule is c1ccc(-c2ccc3c(c2)-c2cc4c(cc2C32c3ccccc3-c3ccccc32)B2c3cc5c(cc3N(c3ccccc3-c3ccccc3)c3cc(-n6c7ccccc7c7ccccc76)cc(c32)N4c2ccccc2-c2ccccc2)-c2cc(-c3ccccc3)ccc2C52c3ccccc3-c3ccccc32)cc1. The van der Waals surface area contributed by atoms with Crippen LogP contribution in [0.5, 0.6) is 0 Å². The van der Waals surface area contributed by atoms with Crippen LogP contribution in [0.2, 0.25) is 0 Å². The summed E-state index contributed by atoms with van der Waals surface area (Å²) in [6, 6.07) is 149. The van der Waals surface area contributed by atoms with Crippen molar-refractivity contribution < 1.29 is 0 Å². The van der Waals surface area contributed by atoms with Crippen molar-refractivity contribution in [1.29, 1.82) is 0 Å². The van der Waals surface area contributed by atoms with E-state index >= 15 is 0 Å². The van der Waals surface area contributed by atoms with Crippen LogP contribution < -0.4 is 26.2 Å². The van der Waals surface area contributed by atoms with Crippen LogP contribution in [0.15, 0.2) is 388 Å². The van der Waals surface area contributed by atoms with Gasteiger partial charge in [0, 0.05) is 44.6 Å². The second-order valence-corrected chi connectivity index (χ2v) is 30.0. The van der Waals surface area contributed by atoms with Crippen LogP contribution in [-0.2, 0) is 10.8 Å². The lowest BCUT2D eigenvalue weighted by Gasteiger charge is -2.46. The summed E-state index contributed by atoms with van der Waals surface area (Å²) in [6.07, 6.45) is 0. The Balaban J connectivity index is 0.899. The molecule has 0 saturated carbocycles. The molecule has 3 nitrogen and oxygen atoms in total. The maximum atomic E-state index is 2.74. The molecule has 0 fully saturated rings. The first-order valence-corrected chi connectivity index (χ1v) is 37.8. The maximum Gasteiger partial charge on any atom is 0.252 e. The number of hydrogen-bond acceptors (Lipinski definition) is 2. The summed E-state index contributed by atoms with van der Waals surface area (Å²) in [4.78, 5) is 5.41. The van der Waals surface area contributed by atoms with E-state index in [1.54, 1.807) is 0 Å². The monoisotopic (exact) mass is 1370 g/mol. The molecule has 0 saturated heterocycles. The molecule has 498 valence electrons. The number of hydrogen-bond donors (Lipinski definition) is 0. The summed E-state index contributed by atoms with van der Waals surface area (Å²) in [5.41, 5.74) is 42.5. The topological polar surface area (TPSA) is 11.4 Å². The molecule has 0 N–H and O–H groups in total. The lowest BCUT2D eigenvalue weighted by molar-refractivity contribution is 0.794. The Hall–Kier alpha value is -13.8. The van der Waals surface area contributed by atoms with Gasteiger partial charge in [-0.1, -0.05) is 328 Å². The van der Waals surface area contributed by atoms with Gasteiger partial charge < -0.3 is 14.4 Å². The number of nitrogens with zero attached hydrogens (tertiary/aromatic N) is 3. The average molecular weight is 1370 g/mol. The predicted octanol–water partition coefficient (Wildman–Crippen LogP) is 24.2. The van der Waals surface area contributed by atoms with Crippen molar-refractivity contribution >= 4 is 79.0 Å². The van der Waals surface area contributed by atoms with Crippen molar-refractivity contribution in [2.75, 3.05) is 9.80 Å². The van der Waals surface area contributed by atoms with Gasteiger partial charge in [-0.2, -0.15) is 0 Å². The van der Waals surface area contributed by atoms with Crippen molar-refractivity contribution in [2.24, 2.45) is 0 Å². The lowest BCUT2D eigenvalue weighted by Crippen LogP contribution is -2.62. The summed E-state index contributed by atoms with van der Waals surface area (Å²) >= 11 is 0. The van der Waals surface area contributed by atoms with E-state index in [0.29, 0.717) is 0 Å². The standard InChI is InChI=1S/C104H64BN3/c1-5-29-65(30-6-1)69-53-55-88-80(57-69)82-61-98-92(63-90(82)103(88)84-45-21-13-39-74(84)75-40-14-22-46-85(75)103)105-93-64-91-83(81-58-70(66-31-7-2-8-32-66)54-56-89(81)104(91)86-47-23-15-41-76(86)77-42-16-24-48-87(77)104)62-99(93)108(95-50-26-18-38-73(95)68-35-11-4-12-36-68)101-60-71(106-96-51-27-19-43-78(96)79-44-20-28-52-97(79)106)59-100(102(101)105)107(98)94-49-25-17-37-72(94)67-33-9-3-10-34-67/h1-64H. The summed E-state index contributed by atoms with van der Waals surface area (Å²) in [5.74, 6) is 0. The molecule has 18 aromatic rings. The smallest absolute Gasteiger partial charge is 0.252 e. The molecular weight excluding hydrogens is 1300 g/mol. The highest BCUT2D eigenvalue weighted by molar-refractivity contribution is 7.00. The van der Waals surface area contributed by atoms with E-state index in [-0.39, 0.29) is 6.71 Å². The zero-order valence-corrected chi connectivity index (χ0v) is 58.9. The third-order valence-electron chi connectivity index (χ3n) is 25.0. The lowest BCUT2D eigenvalue weighted by atomic mass is 9.33. The number of para-hydroxylation sites is 4. The third-order valence-corrected chi connectivity index (χ3v) is 25.0. The van der Waals surface area contributed by atoms with Gasteiger partial charge in [0.25, 0.3) is 6.71 Å². The molecule has 0 radical (unpaired) electrons. The normalized spacial score (nSPS) is 14.0. The molecule has 1 aromatic heterocycles. The number of rotatable bonds is 7. The summed E-state index contributed by atoms with van der Waals surface area (Å²) < 4.78 is 2.55. The van der Waals surface area contributed by atoms with Crippen LogP contribution in [0, 0.1) is 0 Å². The molecule has 108 heavy (non-hydrogen) atoms. The second kappa shape index (κ2) is 22.4. The largest absolute Gasteiger partial charge is 0.311 e. The minimum absolute atomic E-state index is 0.330. The second-order valence-electron chi connectivity index (χ2n) is 30.0. The minimum atomic E-state index is -0.673. The van der Waals surface area contributed by atoms with Gasteiger partial charge in [0.15, 0.2) is 0 Å². The molecule has 0 unspecified atom stereocenters. The summed E-state index contributed by atoms with van der Waals surface area (Å²) in [7, 11) is 0. The predicted molar refractivity (Wildman–Crippen MR) is 449 cm³/mol. The van der Waals surface area contributed by atoms with Gasteiger partial charge >= 0.3 is 0 Å². The number of fused-ring (bicyclic) bond motifs is 27. The number of aromatic nitrogens is 1. The van der Waals surface area contributed by atoms with Crippen LogP contribution in [0.3, 0.4) is 0 Å². The van der Waals surface area contributed by atoms with Crippen LogP contribution in [0.25, 0.3) is 117 Å². The highest BCUT2D eigenvalue weighted by Crippen LogP contribution is 2.67. The Morgan fingerprint density at radius 3 is 0.907 bits per heavy atom. The molecule has 2 spiro atoms. The Morgan fingerprint density at radius 2 is 0.509 bits per heavy atom. The van der Waals surface area contributed by atoms with Crippen LogP contribution in [-0.4, -0.2) is 11.3 Å². The Bertz CT molecular complexity index is 6390. The molecule has 4 heteroatoms. The molecule has 0 atom stereocenters. The third kappa shape index (κ3) is 7.87. The Morgan fingerprint density at radius 1 is 0.194 bits per heavy atom. The molecule has 17 aromatic carbocycles. The first-order chi connectivity index (χ1) is 53.6. The van der Waals surface area contributed by atoms with Gasteiger partial charge in [-0.25, -0.2) is 0 Å². The van der Waals surface area contributed by atoms with E-state index in [4.69, 9.17) is 0 Å². The van der Waals surface area contributed by atoms with E-state index in [1.165, 1.54) is 138 Å². The first kappa shape index (κ1) is 59.6. The van der Waals surface area contributed by atoms with E-state index in [1.807, 2.05) is 0 Å². The van der Waals surface area contributed by atoms with Gasteiger partial charge in [-0.15, -0.1) is 0 Å². The Kier molecular flexibility index (Phi) is 12.3. The van der Waals surface area contributed by atoms with Gasteiger partial charge in [0.2, 0.25) is 0 Å². The highest BCUT2D eigenvalue weighted by atomic mass is 15.2. The fraction of sp³-hybridized carbons (Fsp3) is 0.0192. The summed E-state index contributed by atoms with van der Waals surface area (Å²) in [6.45, 7) is -0.330. The molecule has 0 amide bonds. The molecule has 4 aliphatic carbocycles. The van der Waals surface area contributed by atoms with Crippen molar-refractivity contribution in [2.45, 2.75) is 10.8 Å². The quantitative estimate of drug-likeness (QED) is 0.147. The van der Waals surface area contributed by atoms with Gasteiger partial charge in [-0.3, -0.25) is 0 Å². The van der Waals surface area contributed by atoms with Crippen LogP contribution in [0.4, 0.5) is 34.1 Å². The van der Waals surface area contributed by atoms with Crippen molar-refractivity contribution in [3.63, 3.8) is 0 Å². The molecule has 2 aliphatic heterocycles. The van der Waals surface area contributed by atoms with E-state index in [0.717, 1.165) is 73.1 Å². The number of anilines is 6. The van der Waals surface area contributed by atoms with E-state index in [9.17, 15) is 0 Å². The number of benzene rings is 17. The molecular formula is C104H64BN3. The fourth-order valence-corrected chi connectivity index (χ4v) is 20.8. The van der Waals surface area contributed by atoms with Crippen LogP contribution >= 0.6 is 0 Å². The van der Waals surface area contributed by atoms with Gasteiger partial charge in [0.05, 0.1) is 38.9 Å². The van der Waals surface area contributed by atoms with Crippen molar-refractivity contribution in [3.05, 3.63) is 433 Å². The zero-order valence-electron chi connectivity index (χ0n) is 58.9. The molecule has 6 aliphatic rings. The summed E-state index contributed by atoms with van der Waals surface area (Å²) in [5, 5.41) is 2.43. The minimum Gasteiger partial charge on any atom is -0.311 e. The van der Waals surface area contributed by atoms with Gasteiger partial charge in [-0.05, 0) is 199 Å². The molecule has 0 bridgehead atoms. The van der Waals surface area contributed by atoms with E-state index < -0.39 is 10.8 Å². The maximum absolute atomic E-state index is 2.74.